The number of hydrogen-bond donors (Lipinski definition) is 3. The standard InChI is InChI=1S/C18H23N5S.HI/c1-3-19-18(20-9-8-15-12-24-13(2)22-15)21-11-16-10-14-6-4-5-7-17(14)23-16;/h4-7,10,12,23H,3,8-9,11H2,1-2H3,(H2,19,20,21);1H. The van der Waals surface area contributed by atoms with Crippen molar-refractivity contribution in [3.8, 4) is 0 Å². The van der Waals surface area contributed by atoms with Crippen LogP contribution in [-0.2, 0) is 13.0 Å². The van der Waals surface area contributed by atoms with Gasteiger partial charge in [0.05, 0.1) is 17.2 Å². The summed E-state index contributed by atoms with van der Waals surface area (Å²) in [6, 6.07) is 10.4. The molecule has 0 aliphatic heterocycles. The number of hydrogen-bond acceptors (Lipinski definition) is 3. The minimum absolute atomic E-state index is 0. The van der Waals surface area contributed by atoms with Gasteiger partial charge in [-0.2, -0.15) is 0 Å². The number of aryl methyl sites for hydroxylation is 1. The van der Waals surface area contributed by atoms with E-state index >= 15 is 0 Å². The maximum atomic E-state index is 4.66. The van der Waals surface area contributed by atoms with Gasteiger partial charge in [-0.25, -0.2) is 9.98 Å². The Labute approximate surface area is 169 Å². The highest BCUT2D eigenvalue weighted by Crippen LogP contribution is 2.15. The van der Waals surface area contributed by atoms with Crippen LogP contribution >= 0.6 is 35.3 Å². The van der Waals surface area contributed by atoms with Gasteiger partial charge in [0, 0.05) is 36.1 Å². The van der Waals surface area contributed by atoms with Crippen molar-refractivity contribution in [2.75, 3.05) is 13.1 Å². The molecule has 2 heterocycles. The highest BCUT2D eigenvalue weighted by atomic mass is 127. The molecule has 0 aliphatic carbocycles. The third-order valence-electron chi connectivity index (χ3n) is 3.68. The lowest BCUT2D eigenvalue weighted by Crippen LogP contribution is -2.38. The average molecular weight is 469 g/mol. The van der Waals surface area contributed by atoms with Gasteiger partial charge in [0.25, 0.3) is 0 Å². The van der Waals surface area contributed by atoms with Gasteiger partial charge in [0.1, 0.15) is 0 Å². The Morgan fingerprint density at radius 1 is 1.28 bits per heavy atom. The number of nitrogens with one attached hydrogen (secondary N) is 3. The Morgan fingerprint density at radius 2 is 2.12 bits per heavy atom. The third kappa shape index (κ3) is 5.71. The molecule has 0 aliphatic rings. The summed E-state index contributed by atoms with van der Waals surface area (Å²) in [5, 5.41) is 11.1. The molecule has 0 saturated heterocycles. The van der Waals surface area contributed by atoms with Crippen molar-refractivity contribution in [2.45, 2.75) is 26.8 Å². The van der Waals surface area contributed by atoms with Gasteiger partial charge >= 0.3 is 0 Å². The zero-order valence-corrected chi connectivity index (χ0v) is 17.7. The van der Waals surface area contributed by atoms with Crippen LogP contribution < -0.4 is 10.6 Å². The number of aromatic nitrogens is 2. The van der Waals surface area contributed by atoms with Crippen molar-refractivity contribution < 1.29 is 0 Å². The van der Waals surface area contributed by atoms with E-state index in [9.17, 15) is 0 Å². The fourth-order valence-corrected chi connectivity index (χ4v) is 3.20. The van der Waals surface area contributed by atoms with Crippen molar-refractivity contribution in [3.63, 3.8) is 0 Å². The van der Waals surface area contributed by atoms with Crippen LogP contribution in [-0.4, -0.2) is 29.0 Å². The van der Waals surface area contributed by atoms with Crippen molar-refractivity contribution >= 4 is 52.2 Å². The van der Waals surface area contributed by atoms with Crippen molar-refractivity contribution in [3.05, 3.63) is 52.1 Å². The first kappa shape index (κ1) is 19.7. The minimum atomic E-state index is 0. The molecule has 0 atom stereocenters. The number of aliphatic imine (C=N–C) groups is 1. The fourth-order valence-electron chi connectivity index (χ4n) is 2.56. The number of halogens is 1. The average Bonchev–Trinajstić information content (AvgIpc) is 3.18. The molecule has 2 aromatic heterocycles. The SMILES string of the molecule is CCNC(=NCc1cc2ccccc2[nH]1)NCCc1csc(C)n1.I. The van der Waals surface area contributed by atoms with E-state index in [4.69, 9.17) is 0 Å². The lowest BCUT2D eigenvalue weighted by molar-refractivity contribution is 0.788. The summed E-state index contributed by atoms with van der Waals surface area (Å²) >= 11 is 1.69. The molecule has 0 saturated carbocycles. The third-order valence-corrected chi connectivity index (χ3v) is 4.50. The molecule has 1 aromatic carbocycles. The summed E-state index contributed by atoms with van der Waals surface area (Å²) < 4.78 is 0. The number of fused-ring (bicyclic) bond motifs is 1. The van der Waals surface area contributed by atoms with E-state index in [1.54, 1.807) is 11.3 Å². The summed E-state index contributed by atoms with van der Waals surface area (Å²) in [5.74, 6) is 0.836. The molecule has 3 aromatic rings. The van der Waals surface area contributed by atoms with Gasteiger partial charge in [-0.3, -0.25) is 0 Å². The Morgan fingerprint density at radius 3 is 2.84 bits per heavy atom. The van der Waals surface area contributed by atoms with E-state index in [1.165, 1.54) is 5.39 Å². The molecular formula is C18H24IN5S. The lowest BCUT2D eigenvalue weighted by atomic mass is 10.2. The van der Waals surface area contributed by atoms with E-state index < -0.39 is 0 Å². The van der Waals surface area contributed by atoms with Gasteiger partial charge in [0.2, 0.25) is 0 Å². The summed E-state index contributed by atoms with van der Waals surface area (Å²) in [7, 11) is 0. The van der Waals surface area contributed by atoms with Crippen LogP contribution in [0.5, 0.6) is 0 Å². The molecule has 134 valence electrons. The predicted octanol–water partition coefficient (Wildman–Crippen LogP) is 3.85. The first-order valence-corrected chi connectivity index (χ1v) is 9.12. The predicted molar refractivity (Wildman–Crippen MR) is 117 cm³/mol. The molecular weight excluding hydrogens is 445 g/mol. The highest BCUT2D eigenvalue weighted by molar-refractivity contribution is 14.0. The van der Waals surface area contributed by atoms with Crippen molar-refractivity contribution in [1.82, 2.24) is 20.6 Å². The summed E-state index contributed by atoms with van der Waals surface area (Å²) in [4.78, 5) is 12.6. The highest BCUT2D eigenvalue weighted by Gasteiger charge is 2.02. The molecule has 0 bridgehead atoms. The molecule has 0 spiro atoms. The molecule has 25 heavy (non-hydrogen) atoms. The molecule has 5 nitrogen and oxygen atoms in total. The van der Waals surface area contributed by atoms with Gasteiger partial charge in [0.15, 0.2) is 5.96 Å². The fraction of sp³-hybridized carbons (Fsp3) is 0.333. The van der Waals surface area contributed by atoms with Gasteiger partial charge < -0.3 is 15.6 Å². The quantitative estimate of drug-likeness (QED) is 0.292. The van der Waals surface area contributed by atoms with Crippen LogP contribution in [0.25, 0.3) is 10.9 Å². The summed E-state index contributed by atoms with van der Waals surface area (Å²) in [6.45, 7) is 6.40. The zero-order valence-electron chi connectivity index (χ0n) is 14.5. The number of para-hydroxylation sites is 1. The van der Waals surface area contributed by atoms with Gasteiger partial charge in [-0.05, 0) is 31.4 Å². The van der Waals surface area contributed by atoms with Gasteiger partial charge in [-0.15, -0.1) is 35.3 Å². The number of H-pyrrole nitrogens is 1. The Balaban J connectivity index is 0.00000225. The minimum Gasteiger partial charge on any atom is -0.357 e. The maximum absolute atomic E-state index is 4.66. The lowest BCUT2D eigenvalue weighted by Gasteiger charge is -2.10. The Hall–Kier alpha value is -1.61. The largest absolute Gasteiger partial charge is 0.357 e. The van der Waals surface area contributed by atoms with Crippen LogP contribution in [0.2, 0.25) is 0 Å². The van der Waals surface area contributed by atoms with Crippen LogP contribution in [0.3, 0.4) is 0 Å². The van der Waals surface area contributed by atoms with Crippen LogP contribution in [0, 0.1) is 6.92 Å². The number of benzene rings is 1. The number of thiazole rings is 1. The first-order chi connectivity index (χ1) is 11.7. The summed E-state index contributed by atoms with van der Waals surface area (Å²) in [5.41, 5.74) is 3.40. The molecule has 0 radical (unpaired) electrons. The van der Waals surface area contributed by atoms with E-state index in [-0.39, 0.29) is 24.0 Å². The smallest absolute Gasteiger partial charge is 0.191 e. The number of rotatable bonds is 6. The normalized spacial score (nSPS) is 11.4. The molecule has 0 unspecified atom stereocenters. The van der Waals surface area contributed by atoms with Crippen molar-refractivity contribution in [2.24, 2.45) is 4.99 Å². The Bertz CT molecular complexity index is 791. The maximum Gasteiger partial charge on any atom is 0.191 e. The molecule has 0 fully saturated rings. The molecule has 3 rings (SSSR count). The van der Waals surface area contributed by atoms with E-state index in [2.05, 4.69) is 62.2 Å². The summed E-state index contributed by atoms with van der Waals surface area (Å²) in [6.07, 6.45) is 0.904. The number of guanidine groups is 1. The molecule has 0 amide bonds. The second-order valence-electron chi connectivity index (χ2n) is 5.61. The number of nitrogens with zero attached hydrogens (tertiary/aromatic N) is 2. The van der Waals surface area contributed by atoms with E-state index in [0.717, 1.165) is 47.4 Å². The zero-order chi connectivity index (χ0) is 16.8. The first-order valence-electron chi connectivity index (χ1n) is 8.24. The van der Waals surface area contributed by atoms with Crippen LogP contribution in [0.4, 0.5) is 0 Å². The monoisotopic (exact) mass is 469 g/mol. The Kier molecular flexibility index (Phi) is 7.70. The second kappa shape index (κ2) is 9.76. The van der Waals surface area contributed by atoms with Crippen LogP contribution in [0.15, 0.2) is 40.7 Å². The second-order valence-corrected chi connectivity index (χ2v) is 6.67. The van der Waals surface area contributed by atoms with Crippen LogP contribution in [0.1, 0.15) is 23.3 Å². The molecule has 7 heteroatoms. The van der Waals surface area contributed by atoms with E-state index in [1.807, 2.05) is 13.0 Å². The van der Waals surface area contributed by atoms with Crippen molar-refractivity contribution in [1.29, 1.82) is 0 Å². The van der Waals surface area contributed by atoms with Gasteiger partial charge in [-0.1, -0.05) is 18.2 Å². The number of aromatic amines is 1. The topological polar surface area (TPSA) is 65.1 Å². The molecule has 3 N–H and O–H groups in total. The van der Waals surface area contributed by atoms with E-state index in [0.29, 0.717) is 6.54 Å².